The van der Waals surface area contributed by atoms with E-state index in [0.717, 1.165) is 0 Å². The molecule has 3 rings (SSSR count). The maximum absolute atomic E-state index is 13.0. The van der Waals surface area contributed by atoms with Gasteiger partial charge in [-0.05, 0) is 45.5 Å². The molecule has 0 saturated heterocycles. The van der Waals surface area contributed by atoms with Gasteiger partial charge in [0.25, 0.3) is 5.56 Å². The monoisotopic (exact) mass is 396 g/mol. The molecule has 2 N–H and O–H groups in total. The summed E-state index contributed by atoms with van der Waals surface area (Å²) in [4.78, 5) is 49.3. The molecule has 0 fully saturated rings. The number of aromatic nitrogens is 3. The molecule has 0 saturated carbocycles. The summed E-state index contributed by atoms with van der Waals surface area (Å²) in [5.41, 5.74) is 2.31. The van der Waals surface area contributed by atoms with E-state index in [1.165, 1.54) is 7.11 Å². The summed E-state index contributed by atoms with van der Waals surface area (Å²) in [6.45, 7) is 5.51. The highest BCUT2D eigenvalue weighted by Crippen LogP contribution is 2.21. The predicted molar refractivity (Wildman–Crippen MR) is 109 cm³/mol. The Morgan fingerprint density at radius 3 is 2.59 bits per heavy atom. The molecule has 0 spiro atoms. The standard InChI is InChI=1S/C21H24N4O4/c1-11-17(21(28)29-5)12(2)22-18(11)19(26)13(3)25(4)10-16-23-15-9-7-6-8-14(15)20(27)24-16/h6-9,13,22H,10H2,1-5H3,(H,23,24,27)/t13-/m0/s1. The van der Waals surface area contributed by atoms with Gasteiger partial charge < -0.3 is 14.7 Å². The predicted octanol–water partition coefficient (Wildman–Crippen LogP) is 2.36. The Kier molecular flexibility index (Phi) is 5.65. The van der Waals surface area contributed by atoms with Gasteiger partial charge in [-0.3, -0.25) is 14.5 Å². The molecule has 3 aromatic rings. The number of hydrogen-bond acceptors (Lipinski definition) is 6. The van der Waals surface area contributed by atoms with Crippen molar-refractivity contribution in [2.24, 2.45) is 0 Å². The zero-order valence-corrected chi connectivity index (χ0v) is 17.1. The molecule has 0 aliphatic rings. The summed E-state index contributed by atoms with van der Waals surface area (Å²) in [5, 5.41) is 0.524. The van der Waals surface area contributed by atoms with Gasteiger partial charge >= 0.3 is 5.97 Å². The van der Waals surface area contributed by atoms with Crippen molar-refractivity contribution >= 4 is 22.7 Å². The lowest BCUT2D eigenvalue weighted by molar-refractivity contribution is 0.0599. The number of nitrogens with one attached hydrogen (secondary N) is 2. The quantitative estimate of drug-likeness (QED) is 0.489. The molecule has 0 aliphatic carbocycles. The first-order valence-corrected chi connectivity index (χ1v) is 9.24. The molecule has 8 heteroatoms. The van der Waals surface area contributed by atoms with Gasteiger partial charge in [0, 0.05) is 5.69 Å². The molecular weight excluding hydrogens is 372 g/mol. The second-order valence-corrected chi connectivity index (χ2v) is 7.10. The van der Waals surface area contributed by atoms with Crippen LogP contribution in [-0.4, -0.2) is 51.8 Å². The Morgan fingerprint density at radius 2 is 1.90 bits per heavy atom. The highest BCUT2D eigenvalue weighted by molar-refractivity contribution is 6.03. The molecule has 1 aromatic carbocycles. The lowest BCUT2D eigenvalue weighted by Gasteiger charge is -2.23. The van der Waals surface area contributed by atoms with Crippen LogP contribution in [0.15, 0.2) is 29.1 Å². The number of likely N-dealkylation sites (N-methyl/N-ethyl adjacent to an activating group) is 1. The van der Waals surface area contributed by atoms with Crippen molar-refractivity contribution in [3.05, 3.63) is 63.0 Å². The molecule has 29 heavy (non-hydrogen) atoms. The minimum absolute atomic E-state index is 0.161. The number of aryl methyl sites for hydroxylation is 1. The number of ketones is 1. The molecule has 152 valence electrons. The van der Waals surface area contributed by atoms with E-state index >= 15 is 0 Å². The lowest BCUT2D eigenvalue weighted by Crippen LogP contribution is -2.37. The number of ether oxygens (including phenoxy) is 1. The number of H-pyrrole nitrogens is 2. The van der Waals surface area contributed by atoms with Crippen LogP contribution in [0.2, 0.25) is 0 Å². The van der Waals surface area contributed by atoms with Gasteiger partial charge in [0.15, 0.2) is 5.78 Å². The third-order valence-electron chi connectivity index (χ3n) is 5.18. The number of fused-ring (bicyclic) bond motifs is 1. The van der Waals surface area contributed by atoms with Crippen molar-refractivity contribution in [1.82, 2.24) is 19.9 Å². The van der Waals surface area contributed by atoms with Gasteiger partial charge in [0.05, 0.1) is 41.9 Å². The molecule has 0 amide bonds. The van der Waals surface area contributed by atoms with E-state index < -0.39 is 12.0 Å². The van der Waals surface area contributed by atoms with Gasteiger partial charge in [-0.1, -0.05) is 12.1 Å². The van der Waals surface area contributed by atoms with Gasteiger partial charge in [-0.15, -0.1) is 0 Å². The first-order chi connectivity index (χ1) is 13.7. The molecule has 2 aromatic heterocycles. The number of benzene rings is 1. The van der Waals surface area contributed by atoms with Crippen LogP contribution in [0.4, 0.5) is 0 Å². The molecule has 2 heterocycles. The molecule has 8 nitrogen and oxygen atoms in total. The summed E-state index contributed by atoms with van der Waals surface area (Å²) in [6, 6.07) is 6.60. The summed E-state index contributed by atoms with van der Waals surface area (Å²) in [5.74, 6) is -0.161. The Balaban J connectivity index is 1.84. The topological polar surface area (TPSA) is 108 Å². The average molecular weight is 396 g/mol. The highest BCUT2D eigenvalue weighted by Gasteiger charge is 2.27. The summed E-state index contributed by atoms with van der Waals surface area (Å²) in [6.07, 6.45) is 0. The molecule has 0 bridgehead atoms. The largest absolute Gasteiger partial charge is 0.465 e. The van der Waals surface area contributed by atoms with E-state index in [1.807, 2.05) is 6.07 Å². The Labute approximate surface area is 167 Å². The number of nitrogens with zero attached hydrogens (tertiary/aromatic N) is 2. The van der Waals surface area contributed by atoms with Gasteiger partial charge in [0.1, 0.15) is 5.82 Å². The molecular formula is C21H24N4O4. The second kappa shape index (κ2) is 8.00. The first kappa shape index (κ1) is 20.5. The van der Waals surface area contributed by atoms with E-state index in [2.05, 4.69) is 15.0 Å². The third-order valence-corrected chi connectivity index (χ3v) is 5.18. The fraction of sp³-hybridized carbons (Fsp3) is 0.333. The van der Waals surface area contributed by atoms with Crippen LogP contribution in [0.5, 0.6) is 0 Å². The normalized spacial score (nSPS) is 12.3. The second-order valence-electron chi connectivity index (χ2n) is 7.10. The van der Waals surface area contributed by atoms with Crippen molar-refractivity contribution in [3.63, 3.8) is 0 Å². The van der Waals surface area contributed by atoms with Crippen LogP contribution in [0.3, 0.4) is 0 Å². The summed E-state index contributed by atoms with van der Waals surface area (Å²) >= 11 is 0. The van der Waals surface area contributed by atoms with Crippen LogP contribution in [0.25, 0.3) is 10.9 Å². The number of hydrogen-bond donors (Lipinski definition) is 2. The smallest absolute Gasteiger partial charge is 0.339 e. The van der Waals surface area contributed by atoms with E-state index in [-0.39, 0.29) is 17.9 Å². The van der Waals surface area contributed by atoms with Crippen molar-refractivity contribution < 1.29 is 14.3 Å². The Morgan fingerprint density at radius 1 is 1.21 bits per heavy atom. The number of Topliss-reactive ketones (excluding diaryl/α,β-unsaturated/α-hetero) is 1. The fourth-order valence-corrected chi connectivity index (χ4v) is 3.40. The Bertz CT molecular complexity index is 1150. The number of rotatable bonds is 6. The van der Waals surface area contributed by atoms with Gasteiger partial charge in [-0.2, -0.15) is 0 Å². The fourth-order valence-electron chi connectivity index (χ4n) is 3.40. The molecule has 1 atom stereocenters. The van der Waals surface area contributed by atoms with Crippen molar-refractivity contribution in [2.75, 3.05) is 14.2 Å². The summed E-state index contributed by atoms with van der Waals surface area (Å²) in [7, 11) is 3.09. The lowest BCUT2D eigenvalue weighted by atomic mass is 10.0. The maximum Gasteiger partial charge on any atom is 0.339 e. The number of para-hydroxylation sites is 1. The van der Waals surface area contributed by atoms with Crippen molar-refractivity contribution in [2.45, 2.75) is 33.4 Å². The molecule has 0 aliphatic heterocycles. The van der Waals surface area contributed by atoms with E-state index in [9.17, 15) is 14.4 Å². The SMILES string of the molecule is COC(=O)c1c(C)[nH]c(C(=O)[C@H](C)N(C)Cc2nc3ccccc3c(=O)[nH]2)c1C. The van der Waals surface area contributed by atoms with E-state index in [1.54, 1.807) is 50.9 Å². The average Bonchev–Trinajstić information content (AvgIpc) is 3.00. The zero-order chi connectivity index (χ0) is 21.3. The van der Waals surface area contributed by atoms with E-state index in [4.69, 9.17) is 4.74 Å². The Hall–Kier alpha value is -3.26. The van der Waals surface area contributed by atoms with Crippen LogP contribution >= 0.6 is 0 Å². The number of esters is 1. The van der Waals surface area contributed by atoms with Gasteiger partial charge in [-0.25, -0.2) is 9.78 Å². The van der Waals surface area contributed by atoms with Crippen molar-refractivity contribution in [1.29, 1.82) is 0 Å². The van der Waals surface area contributed by atoms with Crippen LogP contribution in [0, 0.1) is 13.8 Å². The number of aromatic amines is 2. The minimum Gasteiger partial charge on any atom is -0.465 e. The number of carbonyl (C=O) groups excluding carboxylic acids is 2. The molecule has 0 unspecified atom stereocenters. The zero-order valence-electron chi connectivity index (χ0n) is 17.1. The van der Waals surface area contributed by atoms with Crippen LogP contribution in [-0.2, 0) is 11.3 Å². The van der Waals surface area contributed by atoms with Crippen LogP contribution < -0.4 is 5.56 Å². The summed E-state index contributed by atoms with van der Waals surface area (Å²) < 4.78 is 4.80. The van der Waals surface area contributed by atoms with Crippen molar-refractivity contribution in [3.8, 4) is 0 Å². The maximum atomic E-state index is 13.0. The number of carbonyl (C=O) groups is 2. The highest BCUT2D eigenvalue weighted by atomic mass is 16.5. The van der Waals surface area contributed by atoms with Gasteiger partial charge in [0.2, 0.25) is 0 Å². The molecule has 0 radical (unpaired) electrons. The first-order valence-electron chi connectivity index (χ1n) is 9.24. The minimum atomic E-state index is -0.506. The van der Waals surface area contributed by atoms with E-state index in [0.29, 0.717) is 39.2 Å². The third kappa shape index (κ3) is 3.84. The van der Waals surface area contributed by atoms with Crippen LogP contribution in [0.1, 0.15) is 44.9 Å². The number of methoxy groups -OCH3 is 1.